The summed E-state index contributed by atoms with van der Waals surface area (Å²) in [7, 11) is 3.35. The summed E-state index contributed by atoms with van der Waals surface area (Å²) in [5.41, 5.74) is 2.64. The standard InChI is InChI=1S/C24H30N4O3S/c1-29-19-8-7-16(13-20(19)30-2)18(28-9-11-31-12-10-28)14-25-23-22-17-5-3-4-6-21(17)32-24(22)27-15-26-23/h7-8,13,15,18H,3-6,9-12,14H2,1-2H3,(H,25,26,27). The second-order valence-corrected chi connectivity index (χ2v) is 9.36. The number of morpholine rings is 1. The Morgan fingerprint density at radius 3 is 2.72 bits per heavy atom. The van der Waals surface area contributed by atoms with Crippen molar-refractivity contribution in [1.82, 2.24) is 14.9 Å². The molecule has 32 heavy (non-hydrogen) atoms. The van der Waals surface area contributed by atoms with E-state index in [1.165, 1.54) is 34.2 Å². The maximum absolute atomic E-state index is 5.61. The van der Waals surface area contributed by atoms with Gasteiger partial charge in [0, 0.05) is 24.5 Å². The van der Waals surface area contributed by atoms with E-state index in [1.54, 1.807) is 20.5 Å². The fourth-order valence-corrected chi connectivity index (χ4v) is 6.05. The molecule has 170 valence electrons. The number of benzene rings is 1. The molecule has 5 rings (SSSR count). The van der Waals surface area contributed by atoms with Gasteiger partial charge in [0.15, 0.2) is 11.5 Å². The van der Waals surface area contributed by atoms with Crippen molar-refractivity contribution in [3.8, 4) is 11.5 Å². The number of hydrogen-bond acceptors (Lipinski definition) is 8. The molecule has 1 aromatic carbocycles. The van der Waals surface area contributed by atoms with Crippen LogP contribution in [0.5, 0.6) is 11.5 Å². The Kier molecular flexibility index (Phi) is 6.43. The highest BCUT2D eigenvalue weighted by atomic mass is 32.1. The molecule has 1 fully saturated rings. The monoisotopic (exact) mass is 454 g/mol. The molecule has 1 unspecified atom stereocenters. The summed E-state index contributed by atoms with van der Waals surface area (Å²) in [6.45, 7) is 4.03. The second-order valence-electron chi connectivity index (χ2n) is 8.27. The van der Waals surface area contributed by atoms with E-state index in [9.17, 15) is 0 Å². The van der Waals surface area contributed by atoms with E-state index < -0.39 is 0 Å². The van der Waals surface area contributed by atoms with E-state index in [0.29, 0.717) is 0 Å². The Hall–Kier alpha value is -2.42. The van der Waals surface area contributed by atoms with Crippen LogP contribution in [0.3, 0.4) is 0 Å². The van der Waals surface area contributed by atoms with Crippen molar-refractivity contribution in [3.63, 3.8) is 0 Å². The fourth-order valence-electron chi connectivity index (χ4n) is 4.82. The molecule has 1 atom stereocenters. The number of aryl methyl sites for hydroxylation is 2. The summed E-state index contributed by atoms with van der Waals surface area (Å²) in [5.74, 6) is 2.44. The van der Waals surface area contributed by atoms with Gasteiger partial charge in [-0.2, -0.15) is 0 Å². The van der Waals surface area contributed by atoms with Crippen molar-refractivity contribution in [2.75, 3.05) is 52.4 Å². The molecule has 0 spiro atoms. The van der Waals surface area contributed by atoms with Gasteiger partial charge < -0.3 is 19.5 Å². The lowest BCUT2D eigenvalue weighted by atomic mass is 9.97. The lowest BCUT2D eigenvalue weighted by molar-refractivity contribution is 0.0186. The molecule has 0 saturated carbocycles. The first kappa shape index (κ1) is 21.4. The summed E-state index contributed by atoms with van der Waals surface area (Å²) in [5, 5.41) is 4.91. The molecule has 0 amide bonds. The number of methoxy groups -OCH3 is 2. The molecule has 1 saturated heterocycles. The van der Waals surface area contributed by atoms with Gasteiger partial charge in [-0.1, -0.05) is 6.07 Å². The van der Waals surface area contributed by atoms with Crippen molar-refractivity contribution >= 4 is 27.4 Å². The van der Waals surface area contributed by atoms with Gasteiger partial charge in [-0.15, -0.1) is 11.3 Å². The van der Waals surface area contributed by atoms with Crippen LogP contribution in [0.1, 0.15) is 34.9 Å². The molecule has 1 N–H and O–H groups in total. The van der Waals surface area contributed by atoms with Crippen LogP contribution < -0.4 is 14.8 Å². The summed E-state index contributed by atoms with van der Waals surface area (Å²) in [6.07, 6.45) is 6.49. The van der Waals surface area contributed by atoms with Crippen LogP contribution in [-0.4, -0.2) is 61.9 Å². The number of nitrogens with zero attached hydrogens (tertiary/aromatic N) is 3. The van der Waals surface area contributed by atoms with Gasteiger partial charge in [-0.3, -0.25) is 4.90 Å². The second kappa shape index (κ2) is 9.60. The minimum absolute atomic E-state index is 0.165. The topological polar surface area (TPSA) is 68.7 Å². The van der Waals surface area contributed by atoms with Gasteiger partial charge in [0.2, 0.25) is 0 Å². The third-order valence-corrected chi connectivity index (χ3v) is 7.69. The molecule has 3 aromatic rings. The van der Waals surface area contributed by atoms with Crippen LogP contribution >= 0.6 is 11.3 Å². The van der Waals surface area contributed by atoms with E-state index in [1.807, 2.05) is 17.4 Å². The third kappa shape index (κ3) is 4.14. The largest absolute Gasteiger partial charge is 0.493 e. The summed E-state index contributed by atoms with van der Waals surface area (Å²) in [4.78, 5) is 14.3. The lowest BCUT2D eigenvalue weighted by Gasteiger charge is -2.35. The first-order chi connectivity index (χ1) is 15.8. The molecule has 1 aliphatic heterocycles. The molecule has 8 heteroatoms. The highest BCUT2D eigenvalue weighted by Gasteiger charge is 2.25. The molecule has 3 heterocycles. The molecule has 7 nitrogen and oxygen atoms in total. The molecule has 2 aliphatic rings. The zero-order chi connectivity index (χ0) is 21.9. The van der Waals surface area contributed by atoms with Gasteiger partial charge in [0.05, 0.1) is 38.9 Å². The Bertz CT molecular complexity index is 1080. The van der Waals surface area contributed by atoms with Crippen molar-refractivity contribution < 1.29 is 14.2 Å². The molecular weight excluding hydrogens is 424 g/mol. The first-order valence-electron chi connectivity index (χ1n) is 11.3. The molecule has 0 bridgehead atoms. The zero-order valence-electron chi connectivity index (χ0n) is 18.7. The highest BCUT2D eigenvalue weighted by Crippen LogP contribution is 2.39. The first-order valence-corrected chi connectivity index (χ1v) is 12.1. The maximum atomic E-state index is 5.61. The van der Waals surface area contributed by atoms with Crippen LogP contribution in [0, 0.1) is 0 Å². The summed E-state index contributed by atoms with van der Waals surface area (Å²) >= 11 is 1.83. The number of fused-ring (bicyclic) bond motifs is 3. The van der Waals surface area contributed by atoms with Crippen molar-refractivity contribution in [1.29, 1.82) is 0 Å². The van der Waals surface area contributed by atoms with Gasteiger partial charge >= 0.3 is 0 Å². The predicted molar refractivity (Wildman–Crippen MR) is 127 cm³/mol. The average Bonchev–Trinajstić information content (AvgIpc) is 3.24. The quantitative estimate of drug-likeness (QED) is 0.577. The third-order valence-electron chi connectivity index (χ3n) is 6.49. The number of rotatable bonds is 7. The molecule has 0 radical (unpaired) electrons. The number of nitrogens with one attached hydrogen (secondary N) is 1. The number of thiophene rings is 1. The lowest BCUT2D eigenvalue weighted by Crippen LogP contribution is -2.41. The normalized spacial score (nSPS) is 17.7. The van der Waals surface area contributed by atoms with E-state index in [4.69, 9.17) is 14.2 Å². The number of hydrogen-bond donors (Lipinski definition) is 1. The van der Waals surface area contributed by atoms with Crippen molar-refractivity contribution in [2.24, 2.45) is 0 Å². The molecule has 2 aromatic heterocycles. The Morgan fingerprint density at radius 1 is 1.09 bits per heavy atom. The van der Waals surface area contributed by atoms with E-state index in [2.05, 4.69) is 32.3 Å². The van der Waals surface area contributed by atoms with Gasteiger partial charge in [-0.25, -0.2) is 9.97 Å². The zero-order valence-corrected chi connectivity index (χ0v) is 19.5. The van der Waals surface area contributed by atoms with Gasteiger partial charge in [0.1, 0.15) is 17.0 Å². The van der Waals surface area contributed by atoms with Crippen molar-refractivity contribution in [3.05, 3.63) is 40.5 Å². The number of anilines is 1. The fraction of sp³-hybridized carbons (Fsp3) is 0.500. The Labute approximate surface area is 192 Å². The van der Waals surface area contributed by atoms with Crippen LogP contribution in [-0.2, 0) is 17.6 Å². The molecule has 1 aliphatic carbocycles. The van der Waals surface area contributed by atoms with Crippen LogP contribution in [0.2, 0.25) is 0 Å². The van der Waals surface area contributed by atoms with Gasteiger partial charge in [0.25, 0.3) is 0 Å². The van der Waals surface area contributed by atoms with E-state index in [0.717, 1.165) is 67.8 Å². The smallest absolute Gasteiger partial charge is 0.161 e. The molecular formula is C24H30N4O3S. The van der Waals surface area contributed by atoms with E-state index in [-0.39, 0.29) is 6.04 Å². The minimum Gasteiger partial charge on any atom is -0.493 e. The minimum atomic E-state index is 0.165. The summed E-state index contributed by atoms with van der Waals surface area (Å²) < 4.78 is 16.6. The average molecular weight is 455 g/mol. The SMILES string of the molecule is COc1ccc(C(CNc2ncnc3sc4c(c23)CCCC4)N2CCOCC2)cc1OC. The maximum Gasteiger partial charge on any atom is 0.161 e. The van der Waals surface area contributed by atoms with Crippen LogP contribution in [0.15, 0.2) is 24.5 Å². The Morgan fingerprint density at radius 2 is 1.91 bits per heavy atom. The summed E-state index contributed by atoms with van der Waals surface area (Å²) in [6, 6.07) is 6.37. The van der Waals surface area contributed by atoms with Crippen LogP contribution in [0.25, 0.3) is 10.2 Å². The van der Waals surface area contributed by atoms with E-state index >= 15 is 0 Å². The Balaban J connectivity index is 1.46. The number of ether oxygens (including phenoxy) is 3. The van der Waals surface area contributed by atoms with Crippen LogP contribution in [0.4, 0.5) is 5.82 Å². The van der Waals surface area contributed by atoms with Crippen molar-refractivity contribution in [2.45, 2.75) is 31.7 Å². The highest BCUT2D eigenvalue weighted by molar-refractivity contribution is 7.19. The number of aromatic nitrogens is 2. The van der Waals surface area contributed by atoms with Gasteiger partial charge in [-0.05, 0) is 48.9 Å². The predicted octanol–water partition coefficient (Wildman–Crippen LogP) is 4.07.